The van der Waals surface area contributed by atoms with E-state index >= 15 is 0 Å². The first-order chi connectivity index (χ1) is 13.7. The van der Waals surface area contributed by atoms with Crippen molar-refractivity contribution in [3.63, 3.8) is 0 Å². The van der Waals surface area contributed by atoms with Gasteiger partial charge in [-0.15, -0.1) is 12.4 Å². The number of carbonyl (C=O) groups excluding carboxylic acids is 1. The van der Waals surface area contributed by atoms with Gasteiger partial charge in [0.25, 0.3) is 0 Å². The van der Waals surface area contributed by atoms with Gasteiger partial charge in [-0.25, -0.2) is 4.79 Å². The van der Waals surface area contributed by atoms with Gasteiger partial charge in [0.2, 0.25) is 0 Å². The van der Waals surface area contributed by atoms with Crippen molar-refractivity contribution in [2.24, 2.45) is 0 Å². The van der Waals surface area contributed by atoms with E-state index in [9.17, 15) is 4.79 Å². The number of carbonyl (C=O) groups is 1. The summed E-state index contributed by atoms with van der Waals surface area (Å²) in [5, 5.41) is 0.821. The monoisotopic (exact) mass is 415 g/mol. The van der Waals surface area contributed by atoms with Gasteiger partial charge in [0, 0.05) is 17.5 Å². The zero-order valence-corrected chi connectivity index (χ0v) is 17.4. The average molecular weight is 416 g/mol. The summed E-state index contributed by atoms with van der Waals surface area (Å²) in [7, 11) is 1.59. The van der Waals surface area contributed by atoms with Gasteiger partial charge < -0.3 is 13.9 Å². The second-order valence-corrected chi connectivity index (χ2v) is 7.11. The smallest absolute Gasteiger partial charge is 0.342 e. The minimum atomic E-state index is -0.380. The van der Waals surface area contributed by atoms with E-state index in [1.165, 1.54) is 19.3 Å². The lowest BCUT2D eigenvalue weighted by Gasteiger charge is -2.25. The van der Waals surface area contributed by atoms with Crippen LogP contribution in [0.4, 0.5) is 0 Å². The Kier molecular flexibility index (Phi) is 7.18. The molecule has 1 saturated heterocycles. The molecule has 0 unspecified atom stereocenters. The van der Waals surface area contributed by atoms with Crippen LogP contribution in [0.3, 0.4) is 0 Å². The van der Waals surface area contributed by atoms with E-state index in [2.05, 4.69) is 4.90 Å². The molecule has 0 radical (unpaired) electrons. The molecule has 4 rings (SSSR count). The van der Waals surface area contributed by atoms with Crippen molar-refractivity contribution in [2.45, 2.75) is 19.3 Å². The lowest BCUT2D eigenvalue weighted by molar-refractivity contribution is 0.0453. The van der Waals surface area contributed by atoms with Crippen LogP contribution in [-0.4, -0.2) is 44.2 Å². The Morgan fingerprint density at radius 2 is 1.83 bits per heavy atom. The molecule has 0 aliphatic carbocycles. The van der Waals surface area contributed by atoms with Gasteiger partial charge in [0.1, 0.15) is 29.3 Å². The maximum atomic E-state index is 12.8. The van der Waals surface area contributed by atoms with Crippen molar-refractivity contribution in [1.82, 2.24) is 4.90 Å². The molecule has 0 atom stereocenters. The minimum absolute atomic E-state index is 0. The minimum Gasteiger partial charge on any atom is -0.497 e. The van der Waals surface area contributed by atoms with Crippen molar-refractivity contribution in [3.05, 3.63) is 54.1 Å². The van der Waals surface area contributed by atoms with Crippen LogP contribution in [0.5, 0.6) is 5.75 Å². The van der Waals surface area contributed by atoms with Crippen LogP contribution < -0.4 is 4.74 Å². The van der Waals surface area contributed by atoms with Gasteiger partial charge in [0.05, 0.1) is 7.11 Å². The summed E-state index contributed by atoms with van der Waals surface area (Å²) in [4.78, 5) is 15.1. The third kappa shape index (κ3) is 4.92. The number of esters is 1. The third-order valence-electron chi connectivity index (χ3n) is 5.19. The molecule has 1 aliphatic heterocycles. The number of benzene rings is 2. The second-order valence-electron chi connectivity index (χ2n) is 7.11. The lowest BCUT2D eigenvalue weighted by Crippen LogP contribution is -2.33. The normalized spacial score (nSPS) is 14.4. The Bertz CT molecular complexity index is 948. The van der Waals surface area contributed by atoms with Gasteiger partial charge in [0.15, 0.2) is 0 Å². The summed E-state index contributed by atoms with van der Waals surface area (Å²) in [5.41, 5.74) is 1.89. The number of rotatable bonds is 6. The van der Waals surface area contributed by atoms with Gasteiger partial charge in [-0.1, -0.05) is 36.8 Å². The molecule has 1 aliphatic rings. The molecule has 2 heterocycles. The van der Waals surface area contributed by atoms with Crippen LogP contribution in [0.25, 0.3) is 22.3 Å². The number of hydrogen-bond acceptors (Lipinski definition) is 5. The highest BCUT2D eigenvalue weighted by molar-refractivity contribution is 6.03. The number of ether oxygens (including phenoxy) is 2. The Morgan fingerprint density at radius 1 is 1.07 bits per heavy atom. The van der Waals surface area contributed by atoms with E-state index in [-0.39, 0.29) is 18.4 Å². The van der Waals surface area contributed by atoms with Crippen molar-refractivity contribution < 1.29 is 18.7 Å². The van der Waals surface area contributed by atoms with Crippen molar-refractivity contribution in [1.29, 1.82) is 0 Å². The highest BCUT2D eigenvalue weighted by Crippen LogP contribution is 2.33. The van der Waals surface area contributed by atoms with E-state index in [4.69, 9.17) is 13.9 Å². The Balaban J connectivity index is 0.00000240. The van der Waals surface area contributed by atoms with Gasteiger partial charge in [-0.05, 0) is 44.1 Å². The maximum Gasteiger partial charge on any atom is 0.342 e. The SMILES string of the molecule is COc1cc(C(=O)OCCN2CCCCC2)c2oc(-c3ccccc3)cc2c1.Cl. The zero-order valence-electron chi connectivity index (χ0n) is 16.6. The van der Waals surface area contributed by atoms with Gasteiger partial charge in [-0.3, -0.25) is 4.90 Å². The van der Waals surface area contributed by atoms with E-state index in [0.717, 1.165) is 30.6 Å². The van der Waals surface area contributed by atoms with Crippen LogP contribution in [0.1, 0.15) is 29.6 Å². The fourth-order valence-electron chi connectivity index (χ4n) is 3.67. The largest absolute Gasteiger partial charge is 0.497 e. The fraction of sp³-hybridized carbons (Fsp3) is 0.348. The molecule has 0 amide bonds. The van der Waals surface area contributed by atoms with Crippen LogP contribution in [0.2, 0.25) is 0 Å². The van der Waals surface area contributed by atoms with Gasteiger partial charge >= 0.3 is 5.97 Å². The molecular formula is C23H26ClNO4. The van der Waals surface area contributed by atoms with Crippen molar-refractivity contribution in [3.8, 4) is 17.1 Å². The highest BCUT2D eigenvalue weighted by Gasteiger charge is 2.19. The van der Waals surface area contributed by atoms with Gasteiger partial charge in [-0.2, -0.15) is 0 Å². The molecule has 0 bridgehead atoms. The molecule has 29 heavy (non-hydrogen) atoms. The number of furan rings is 1. The van der Waals surface area contributed by atoms with Crippen LogP contribution in [-0.2, 0) is 4.74 Å². The average Bonchev–Trinajstić information content (AvgIpc) is 3.18. The summed E-state index contributed by atoms with van der Waals surface area (Å²) in [6, 6.07) is 15.3. The first-order valence-electron chi connectivity index (χ1n) is 9.81. The molecule has 154 valence electrons. The van der Waals surface area contributed by atoms with E-state index in [0.29, 0.717) is 29.3 Å². The Labute approximate surface area is 177 Å². The Hall–Kier alpha value is -2.50. The number of halogens is 1. The summed E-state index contributed by atoms with van der Waals surface area (Å²) in [6.07, 6.45) is 3.73. The molecule has 0 N–H and O–H groups in total. The predicted molar refractivity (Wildman–Crippen MR) is 116 cm³/mol. The highest BCUT2D eigenvalue weighted by atomic mass is 35.5. The maximum absolute atomic E-state index is 12.8. The summed E-state index contributed by atoms with van der Waals surface area (Å²) in [6.45, 7) is 3.31. The number of methoxy groups -OCH3 is 1. The number of hydrogen-bond donors (Lipinski definition) is 0. The molecule has 1 aromatic heterocycles. The fourth-order valence-corrected chi connectivity index (χ4v) is 3.67. The molecule has 3 aromatic rings. The Morgan fingerprint density at radius 3 is 2.55 bits per heavy atom. The summed E-state index contributed by atoms with van der Waals surface area (Å²) in [5.74, 6) is 0.942. The molecule has 0 spiro atoms. The van der Waals surface area contributed by atoms with Crippen molar-refractivity contribution in [2.75, 3.05) is 33.4 Å². The van der Waals surface area contributed by atoms with E-state index < -0.39 is 0 Å². The standard InChI is InChI=1S/C23H25NO4.ClH/c1-26-19-14-18-15-21(17-8-4-2-5-9-17)28-22(18)20(16-19)23(25)27-13-12-24-10-6-3-7-11-24;/h2,4-5,8-9,14-16H,3,6-7,10-13H2,1H3;1H. The topological polar surface area (TPSA) is 51.9 Å². The molecule has 2 aromatic carbocycles. The number of likely N-dealkylation sites (tertiary alicyclic amines) is 1. The van der Waals surface area contributed by atoms with E-state index in [1.54, 1.807) is 13.2 Å². The van der Waals surface area contributed by atoms with Crippen LogP contribution in [0.15, 0.2) is 52.9 Å². The molecule has 1 fully saturated rings. The first-order valence-corrected chi connectivity index (χ1v) is 9.81. The lowest BCUT2D eigenvalue weighted by atomic mass is 10.1. The first kappa shape index (κ1) is 21.2. The summed E-state index contributed by atoms with van der Waals surface area (Å²) < 4.78 is 17.0. The number of piperidine rings is 1. The molecule has 6 heteroatoms. The summed E-state index contributed by atoms with van der Waals surface area (Å²) >= 11 is 0. The van der Waals surface area contributed by atoms with Crippen LogP contribution in [0, 0.1) is 0 Å². The predicted octanol–water partition coefficient (Wildman–Crippen LogP) is 5.17. The number of nitrogens with zero attached hydrogens (tertiary/aromatic N) is 1. The molecule has 0 saturated carbocycles. The quantitative estimate of drug-likeness (QED) is 0.519. The zero-order chi connectivity index (χ0) is 19.3. The third-order valence-corrected chi connectivity index (χ3v) is 5.19. The van der Waals surface area contributed by atoms with E-state index in [1.807, 2.05) is 42.5 Å². The molecular weight excluding hydrogens is 390 g/mol. The van der Waals surface area contributed by atoms with Crippen molar-refractivity contribution >= 4 is 29.3 Å². The molecule has 5 nitrogen and oxygen atoms in total. The second kappa shape index (κ2) is 9.81. The van der Waals surface area contributed by atoms with Crippen LogP contribution >= 0.6 is 12.4 Å². The number of fused-ring (bicyclic) bond motifs is 1.